The first-order valence-electron chi connectivity index (χ1n) is 4.59. The Balaban J connectivity index is 2.05. The second-order valence-corrected chi connectivity index (χ2v) is 4.54. The summed E-state index contributed by atoms with van der Waals surface area (Å²) >= 11 is 1.59. The lowest BCUT2D eigenvalue weighted by atomic mass is 10.3. The zero-order valence-electron chi connectivity index (χ0n) is 8.06. The van der Waals surface area contributed by atoms with Gasteiger partial charge in [0.2, 0.25) is 5.91 Å². The number of hydrogen-bond acceptors (Lipinski definition) is 4. The molecular formula is C9H13N3OS. The zero-order valence-corrected chi connectivity index (χ0v) is 8.88. The van der Waals surface area contributed by atoms with Crippen molar-refractivity contribution in [1.82, 2.24) is 9.88 Å². The topological polar surface area (TPSA) is 59.2 Å². The van der Waals surface area contributed by atoms with Gasteiger partial charge in [-0.3, -0.25) is 4.79 Å². The number of aryl methyl sites for hydroxylation is 1. The molecule has 1 unspecified atom stereocenters. The second kappa shape index (κ2) is 3.67. The number of amides is 1. The quantitative estimate of drug-likeness (QED) is 0.775. The van der Waals surface area contributed by atoms with Crippen LogP contribution in [0.25, 0.3) is 0 Å². The summed E-state index contributed by atoms with van der Waals surface area (Å²) in [4.78, 5) is 18.6. The highest BCUT2D eigenvalue weighted by Gasteiger charge is 2.27. The SMILES string of the molecule is Cc1ncsc1CN1CC(N)CC1=O. The van der Waals surface area contributed by atoms with E-state index in [9.17, 15) is 4.79 Å². The van der Waals surface area contributed by atoms with Crippen LogP contribution in [0.15, 0.2) is 5.51 Å². The molecular weight excluding hydrogens is 198 g/mol. The lowest BCUT2D eigenvalue weighted by Gasteiger charge is -2.14. The molecule has 1 aromatic rings. The second-order valence-electron chi connectivity index (χ2n) is 3.60. The van der Waals surface area contributed by atoms with E-state index in [-0.39, 0.29) is 11.9 Å². The van der Waals surface area contributed by atoms with Gasteiger partial charge >= 0.3 is 0 Å². The Morgan fingerprint density at radius 1 is 1.79 bits per heavy atom. The molecule has 2 rings (SSSR count). The molecule has 0 spiro atoms. The minimum Gasteiger partial charge on any atom is -0.336 e. The Bertz CT molecular complexity index is 350. The number of likely N-dealkylation sites (tertiary alicyclic amines) is 1. The van der Waals surface area contributed by atoms with Crippen LogP contribution < -0.4 is 5.73 Å². The van der Waals surface area contributed by atoms with Crippen molar-refractivity contribution in [3.05, 3.63) is 16.1 Å². The fourth-order valence-corrected chi connectivity index (χ4v) is 2.40. The molecule has 1 aliphatic heterocycles. The van der Waals surface area contributed by atoms with Gasteiger partial charge in [-0.15, -0.1) is 11.3 Å². The van der Waals surface area contributed by atoms with E-state index in [1.807, 2.05) is 17.3 Å². The first-order valence-corrected chi connectivity index (χ1v) is 5.47. The predicted molar refractivity (Wildman–Crippen MR) is 54.9 cm³/mol. The van der Waals surface area contributed by atoms with Gasteiger partial charge in [0, 0.05) is 23.9 Å². The Labute approximate surface area is 86.7 Å². The maximum absolute atomic E-state index is 11.5. The van der Waals surface area contributed by atoms with Gasteiger partial charge in [0.15, 0.2) is 0 Å². The van der Waals surface area contributed by atoms with Crippen molar-refractivity contribution >= 4 is 17.2 Å². The molecule has 1 atom stereocenters. The van der Waals surface area contributed by atoms with Crippen LogP contribution in [0.5, 0.6) is 0 Å². The summed E-state index contributed by atoms with van der Waals surface area (Å²) in [6.07, 6.45) is 0.484. The standard InChI is InChI=1S/C9H13N3OS/c1-6-8(14-5-11-6)4-12-3-7(10)2-9(12)13/h5,7H,2-4,10H2,1H3. The summed E-state index contributed by atoms with van der Waals surface area (Å²) < 4.78 is 0. The molecule has 76 valence electrons. The van der Waals surface area contributed by atoms with Crippen LogP contribution in [0.3, 0.4) is 0 Å². The van der Waals surface area contributed by atoms with Crippen molar-refractivity contribution in [3.63, 3.8) is 0 Å². The lowest BCUT2D eigenvalue weighted by Crippen LogP contribution is -2.27. The van der Waals surface area contributed by atoms with Crippen LogP contribution in [0.2, 0.25) is 0 Å². The molecule has 0 radical (unpaired) electrons. The normalized spacial score (nSPS) is 22.0. The number of hydrogen-bond donors (Lipinski definition) is 1. The largest absolute Gasteiger partial charge is 0.336 e. The summed E-state index contributed by atoms with van der Waals surface area (Å²) in [6, 6.07) is 0.00993. The van der Waals surface area contributed by atoms with Crippen molar-refractivity contribution < 1.29 is 4.79 Å². The molecule has 0 aliphatic carbocycles. The first kappa shape index (κ1) is 9.61. The zero-order chi connectivity index (χ0) is 10.1. The number of nitrogens with zero attached hydrogens (tertiary/aromatic N) is 2. The maximum Gasteiger partial charge on any atom is 0.224 e. The summed E-state index contributed by atoms with van der Waals surface area (Å²) in [7, 11) is 0. The molecule has 2 N–H and O–H groups in total. The number of nitrogens with two attached hydrogens (primary N) is 1. The summed E-state index contributed by atoms with van der Waals surface area (Å²) in [5, 5.41) is 0. The van der Waals surface area contributed by atoms with Gasteiger partial charge in [0.05, 0.1) is 17.7 Å². The van der Waals surface area contributed by atoms with Gasteiger partial charge in [-0.1, -0.05) is 0 Å². The van der Waals surface area contributed by atoms with Crippen LogP contribution in [0.1, 0.15) is 17.0 Å². The lowest BCUT2D eigenvalue weighted by molar-refractivity contribution is -0.128. The molecule has 1 aliphatic rings. The van der Waals surface area contributed by atoms with E-state index < -0.39 is 0 Å². The fourth-order valence-electron chi connectivity index (χ4n) is 1.61. The van der Waals surface area contributed by atoms with E-state index in [0.717, 1.165) is 10.6 Å². The number of thiazole rings is 1. The Kier molecular flexibility index (Phi) is 2.52. The minimum absolute atomic E-state index is 0.00993. The van der Waals surface area contributed by atoms with Crippen LogP contribution in [0.4, 0.5) is 0 Å². The van der Waals surface area contributed by atoms with E-state index in [1.54, 1.807) is 11.3 Å². The van der Waals surface area contributed by atoms with Crippen molar-refractivity contribution in [3.8, 4) is 0 Å². The Morgan fingerprint density at radius 2 is 2.57 bits per heavy atom. The van der Waals surface area contributed by atoms with Gasteiger partial charge in [0.25, 0.3) is 0 Å². The highest BCUT2D eigenvalue weighted by Crippen LogP contribution is 2.18. The van der Waals surface area contributed by atoms with Crippen molar-refractivity contribution in [1.29, 1.82) is 0 Å². The van der Waals surface area contributed by atoms with Crippen molar-refractivity contribution in [2.75, 3.05) is 6.54 Å². The van der Waals surface area contributed by atoms with Crippen molar-refractivity contribution in [2.24, 2.45) is 5.73 Å². The summed E-state index contributed by atoms with van der Waals surface area (Å²) in [5.41, 5.74) is 8.54. The molecule has 0 saturated carbocycles. The minimum atomic E-state index is 0.00993. The Morgan fingerprint density at radius 3 is 3.07 bits per heavy atom. The van der Waals surface area contributed by atoms with E-state index in [1.165, 1.54) is 0 Å². The highest BCUT2D eigenvalue weighted by molar-refractivity contribution is 7.09. The van der Waals surface area contributed by atoms with E-state index in [2.05, 4.69) is 4.98 Å². The molecule has 1 fully saturated rings. The van der Waals surface area contributed by atoms with Gasteiger partial charge in [-0.05, 0) is 6.92 Å². The molecule has 1 saturated heterocycles. The van der Waals surface area contributed by atoms with E-state index >= 15 is 0 Å². The number of carbonyl (C=O) groups is 1. The molecule has 5 heteroatoms. The third kappa shape index (κ3) is 1.78. The fraction of sp³-hybridized carbons (Fsp3) is 0.556. The van der Waals surface area contributed by atoms with Crippen LogP contribution >= 0.6 is 11.3 Å². The summed E-state index contributed by atoms with van der Waals surface area (Å²) in [5.74, 6) is 0.158. The van der Waals surface area contributed by atoms with Crippen molar-refractivity contribution in [2.45, 2.75) is 25.9 Å². The number of aromatic nitrogens is 1. The summed E-state index contributed by atoms with van der Waals surface area (Å²) in [6.45, 7) is 3.31. The van der Waals surface area contributed by atoms with E-state index in [4.69, 9.17) is 5.73 Å². The molecule has 14 heavy (non-hydrogen) atoms. The average Bonchev–Trinajstić information content (AvgIpc) is 2.62. The molecule has 1 aromatic heterocycles. The van der Waals surface area contributed by atoms with Gasteiger partial charge in [-0.25, -0.2) is 4.98 Å². The first-order chi connectivity index (χ1) is 6.66. The molecule has 1 amide bonds. The Hall–Kier alpha value is -0.940. The van der Waals surface area contributed by atoms with Gasteiger partial charge in [-0.2, -0.15) is 0 Å². The predicted octanol–water partition coefficient (Wildman–Crippen LogP) is 0.511. The molecule has 0 bridgehead atoms. The maximum atomic E-state index is 11.5. The molecule has 0 aromatic carbocycles. The van der Waals surface area contributed by atoms with Gasteiger partial charge < -0.3 is 10.6 Å². The molecule has 2 heterocycles. The van der Waals surface area contributed by atoms with Gasteiger partial charge in [0.1, 0.15) is 0 Å². The third-order valence-corrected chi connectivity index (χ3v) is 3.34. The van der Waals surface area contributed by atoms with Crippen LogP contribution in [-0.2, 0) is 11.3 Å². The van der Waals surface area contributed by atoms with E-state index in [0.29, 0.717) is 19.5 Å². The highest BCUT2D eigenvalue weighted by atomic mass is 32.1. The smallest absolute Gasteiger partial charge is 0.224 e. The molecule has 4 nitrogen and oxygen atoms in total. The third-order valence-electron chi connectivity index (χ3n) is 2.42. The van der Waals surface area contributed by atoms with Crippen LogP contribution in [0, 0.1) is 6.92 Å². The average molecular weight is 211 g/mol. The van der Waals surface area contributed by atoms with Crippen LogP contribution in [-0.4, -0.2) is 28.4 Å². The monoisotopic (exact) mass is 211 g/mol. The number of carbonyl (C=O) groups excluding carboxylic acids is 1. The number of rotatable bonds is 2.